The Morgan fingerprint density at radius 2 is 1.23 bits per heavy atom. The van der Waals surface area contributed by atoms with Crippen LogP contribution >= 0.6 is 0 Å². The van der Waals surface area contributed by atoms with Crippen molar-refractivity contribution in [1.82, 2.24) is 0 Å². The summed E-state index contributed by atoms with van der Waals surface area (Å²) < 4.78 is 0. The van der Waals surface area contributed by atoms with Crippen LogP contribution in [0.1, 0.15) is 90.9 Å². The van der Waals surface area contributed by atoms with Crippen LogP contribution in [0.5, 0.6) is 0 Å². The summed E-state index contributed by atoms with van der Waals surface area (Å²) in [6.07, 6.45) is 19.0. The molecule has 0 amide bonds. The van der Waals surface area contributed by atoms with Gasteiger partial charge in [0.1, 0.15) is 0 Å². The SMILES string of the molecule is CC12CC3CC(C)(C1)CC(C(N=C=O)C14CC5CC(CC(C5)C1)C4)(C3)C2. The molecule has 0 heterocycles. The molecule has 0 aliphatic heterocycles. The summed E-state index contributed by atoms with van der Waals surface area (Å²) in [5.41, 5.74) is 1.68. The topological polar surface area (TPSA) is 29.4 Å². The lowest BCUT2D eigenvalue weighted by molar-refractivity contribution is -0.186. The van der Waals surface area contributed by atoms with Gasteiger partial charge in [-0.1, -0.05) is 13.8 Å². The molecule has 0 aromatic rings. The summed E-state index contributed by atoms with van der Waals surface area (Å²) in [5, 5.41) is 0. The number of isocyanates is 1. The molecule has 8 saturated carbocycles. The van der Waals surface area contributed by atoms with Crippen molar-refractivity contribution in [2.45, 2.75) is 96.9 Å². The lowest BCUT2D eigenvalue weighted by Gasteiger charge is -2.70. The van der Waals surface area contributed by atoms with E-state index in [0.717, 1.165) is 23.7 Å². The maximum atomic E-state index is 11.7. The first-order valence-corrected chi connectivity index (χ1v) is 11.4. The Morgan fingerprint density at radius 3 is 1.69 bits per heavy atom. The van der Waals surface area contributed by atoms with Crippen LogP contribution in [0.4, 0.5) is 0 Å². The van der Waals surface area contributed by atoms with E-state index < -0.39 is 0 Å². The minimum atomic E-state index is 0.281. The highest BCUT2D eigenvalue weighted by Crippen LogP contribution is 2.74. The molecule has 0 N–H and O–H groups in total. The molecule has 2 heteroatoms. The second-order valence-electron chi connectivity index (χ2n) is 12.9. The maximum Gasteiger partial charge on any atom is 0.235 e. The van der Waals surface area contributed by atoms with Crippen molar-refractivity contribution < 1.29 is 4.79 Å². The minimum absolute atomic E-state index is 0.281. The summed E-state index contributed by atoms with van der Waals surface area (Å²) >= 11 is 0. The molecule has 0 radical (unpaired) electrons. The van der Waals surface area contributed by atoms with Crippen LogP contribution in [0.3, 0.4) is 0 Å². The van der Waals surface area contributed by atoms with Crippen LogP contribution in [-0.2, 0) is 4.79 Å². The predicted molar refractivity (Wildman–Crippen MR) is 102 cm³/mol. The molecule has 2 nitrogen and oxygen atoms in total. The third-order valence-electron chi connectivity index (χ3n) is 10.1. The summed E-state index contributed by atoms with van der Waals surface area (Å²) in [6, 6.07) is 0.281. The fourth-order valence-electron chi connectivity index (χ4n) is 11.3. The van der Waals surface area contributed by atoms with Gasteiger partial charge in [-0.25, -0.2) is 9.79 Å². The van der Waals surface area contributed by atoms with Crippen LogP contribution in [0.25, 0.3) is 0 Å². The van der Waals surface area contributed by atoms with Gasteiger partial charge in [-0.3, -0.25) is 0 Å². The van der Waals surface area contributed by atoms with E-state index in [2.05, 4.69) is 19.9 Å². The number of nitrogens with zero attached hydrogens (tertiary/aromatic N) is 1. The Balaban J connectivity index is 1.45. The lowest BCUT2D eigenvalue weighted by Crippen LogP contribution is -2.63. The molecule has 0 aromatic carbocycles. The van der Waals surface area contributed by atoms with E-state index in [1.165, 1.54) is 77.0 Å². The molecule has 3 atom stereocenters. The first kappa shape index (κ1) is 16.3. The van der Waals surface area contributed by atoms with Gasteiger partial charge in [-0.05, 0) is 122 Å². The summed E-state index contributed by atoms with van der Waals surface area (Å²) in [5.74, 6) is 3.70. The van der Waals surface area contributed by atoms with Gasteiger partial charge in [-0.2, -0.15) is 0 Å². The van der Waals surface area contributed by atoms with Crippen molar-refractivity contribution in [3.8, 4) is 0 Å². The fraction of sp³-hybridized carbons (Fsp3) is 0.958. The Hall–Kier alpha value is -0.620. The zero-order valence-corrected chi connectivity index (χ0v) is 16.7. The second-order valence-corrected chi connectivity index (χ2v) is 12.9. The molecule has 8 aliphatic rings. The Bertz CT molecular complexity index is 635. The standard InChI is InChI=1S/C24H35NO/c1-21-6-19-7-22(2,12-21)14-24(11-19,13-21)20(25-15-26)23-8-16-3-17(9-23)5-18(4-16)10-23/h16-20H,3-14H2,1-2H3. The molecule has 26 heavy (non-hydrogen) atoms. The molecule has 0 saturated heterocycles. The van der Waals surface area contributed by atoms with E-state index >= 15 is 0 Å². The van der Waals surface area contributed by atoms with Crippen LogP contribution in [0, 0.1) is 45.3 Å². The fourth-order valence-corrected chi connectivity index (χ4v) is 11.3. The van der Waals surface area contributed by atoms with E-state index in [-0.39, 0.29) is 6.04 Å². The predicted octanol–water partition coefficient (Wildman–Crippen LogP) is 5.90. The Labute approximate surface area is 158 Å². The van der Waals surface area contributed by atoms with Crippen LogP contribution in [0.15, 0.2) is 4.99 Å². The number of rotatable bonds is 3. The molecule has 8 bridgehead atoms. The van der Waals surface area contributed by atoms with Gasteiger partial charge < -0.3 is 0 Å². The molecular weight excluding hydrogens is 318 g/mol. The van der Waals surface area contributed by atoms with Gasteiger partial charge in [0.25, 0.3) is 0 Å². The minimum Gasteiger partial charge on any atom is -0.211 e. The zero-order chi connectivity index (χ0) is 17.8. The van der Waals surface area contributed by atoms with E-state index in [0.29, 0.717) is 21.7 Å². The van der Waals surface area contributed by atoms with E-state index in [1.54, 1.807) is 0 Å². The first-order valence-electron chi connectivity index (χ1n) is 11.4. The second kappa shape index (κ2) is 4.86. The van der Waals surface area contributed by atoms with Crippen molar-refractivity contribution in [2.24, 2.45) is 50.3 Å². The van der Waals surface area contributed by atoms with Gasteiger partial charge >= 0.3 is 0 Å². The molecule has 3 unspecified atom stereocenters. The summed E-state index contributed by atoms with van der Waals surface area (Å²) in [4.78, 5) is 16.4. The molecular formula is C24H35NO. The van der Waals surface area contributed by atoms with Crippen LogP contribution < -0.4 is 0 Å². The van der Waals surface area contributed by atoms with Crippen molar-refractivity contribution >= 4 is 6.08 Å². The molecule has 8 fully saturated rings. The largest absolute Gasteiger partial charge is 0.235 e. The highest BCUT2D eigenvalue weighted by atomic mass is 16.1. The Morgan fingerprint density at radius 1 is 0.731 bits per heavy atom. The molecule has 8 aliphatic carbocycles. The quantitative estimate of drug-likeness (QED) is 0.458. The highest BCUT2D eigenvalue weighted by molar-refractivity contribution is 5.35. The summed E-state index contributed by atoms with van der Waals surface area (Å²) in [7, 11) is 0. The Kier molecular flexibility index (Phi) is 3.05. The van der Waals surface area contributed by atoms with Gasteiger partial charge in [-0.15, -0.1) is 0 Å². The van der Waals surface area contributed by atoms with Gasteiger partial charge in [0.15, 0.2) is 0 Å². The molecule has 142 valence electrons. The third kappa shape index (κ3) is 2.12. The molecule has 8 rings (SSSR count). The third-order valence-corrected chi connectivity index (χ3v) is 10.1. The van der Waals surface area contributed by atoms with Crippen LogP contribution in [-0.4, -0.2) is 12.1 Å². The normalized spacial score (nSPS) is 60.1. The first-order chi connectivity index (χ1) is 12.3. The number of aliphatic imine (C=N–C) groups is 1. The molecule has 0 aromatic heterocycles. The zero-order valence-electron chi connectivity index (χ0n) is 16.7. The van der Waals surface area contributed by atoms with Crippen molar-refractivity contribution in [2.75, 3.05) is 0 Å². The van der Waals surface area contributed by atoms with Gasteiger partial charge in [0.2, 0.25) is 6.08 Å². The van der Waals surface area contributed by atoms with E-state index in [1.807, 2.05) is 0 Å². The van der Waals surface area contributed by atoms with Crippen molar-refractivity contribution in [3.63, 3.8) is 0 Å². The average Bonchev–Trinajstić information content (AvgIpc) is 2.47. The van der Waals surface area contributed by atoms with Gasteiger partial charge in [0, 0.05) is 0 Å². The average molecular weight is 354 g/mol. The maximum absolute atomic E-state index is 11.7. The van der Waals surface area contributed by atoms with Crippen LogP contribution in [0.2, 0.25) is 0 Å². The number of carbonyl (C=O) groups excluding carboxylic acids is 1. The van der Waals surface area contributed by atoms with Crippen molar-refractivity contribution in [3.05, 3.63) is 0 Å². The van der Waals surface area contributed by atoms with Crippen molar-refractivity contribution in [1.29, 1.82) is 0 Å². The number of hydrogen-bond donors (Lipinski definition) is 0. The monoisotopic (exact) mass is 353 g/mol. The van der Waals surface area contributed by atoms with E-state index in [9.17, 15) is 4.79 Å². The van der Waals surface area contributed by atoms with E-state index in [4.69, 9.17) is 4.99 Å². The lowest BCUT2D eigenvalue weighted by atomic mass is 9.35. The smallest absolute Gasteiger partial charge is 0.211 e. The molecule has 0 spiro atoms. The van der Waals surface area contributed by atoms with Gasteiger partial charge in [0.05, 0.1) is 6.04 Å². The number of hydrogen-bond acceptors (Lipinski definition) is 2. The highest BCUT2D eigenvalue weighted by Gasteiger charge is 2.67. The summed E-state index contributed by atoms with van der Waals surface area (Å²) in [6.45, 7) is 5.12.